The molecule has 0 aliphatic carbocycles. The minimum Gasteiger partial charge on any atom is -0.395 e. The highest BCUT2D eigenvalue weighted by atomic mass is 16.3. The molecule has 0 bridgehead atoms. The number of aliphatic hydroxyl groups is 1. The summed E-state index contributed by atoms with van der Waals surface area (Å²) < 4.78 is 0. The number of hydrogen-bond acceptors (Lipinski definition) is 3. The van der Waals surface area contributed by atoms with Crippen LogP contribution in [0.15, 0.2) is 43.0 Å². The highest BCUT2D eigenvalue weighted by Gasteiger charge is 2.16. The second-order valence-electron chi connectivity index (χ2n) is 4.22. The van der Waals surface area contributed by atoms with Crippen molar-refractivity contribution in [3.05, 3.63) is 43.0 Å². The lowest BCUT2D eigenvalue weighted by Gasteiger charge is -2.25. The van der Waals surface area contributed by atoms with E-state index in [4.69, 9.17) is 5.11 Å². The summed E-state index contributed by atoms with van der Waals surface area (Å²) in [7, 11) is 0. The lowest BCUT2D eigenvalue weighted by molar-refractivity contribution is -0.119. The number of rotatable bonds is 8. The molecule has 4 heteroatoms. The number of nitrogens with zero attached hydrogens (tertiary/aromatic N) is 2. The Bertz CT molecular complexity index is 392. The molecule has 0 heterocycles. The van der Waals surface area contributed by atoms with Crippen molar-refractivity contribution >= 4 is 11.6 Å². The molecule has 1 rings (SSSR count). The number of anilines is 1. The average Bonchev–Trinajstić information content (AvgIpc) is 2.41. The normalized spacial score (nSPS) is 10.5. The fourth-order valence-corrected chi connectivity index (χ4v) is 1.95. The first kappa shape index (κ1) is 15.4. The summed E-state index contributed by atoms with van der Waals surface area (Å²) in [6, 6.07) is 9.61. The van der Waals surface area contributed by atoms with Crippen molar-refractivity contribution in [2.45, 2.75) is 6.92 Å². The van der Waals surface area contributed by atoms with Gasteiger partial charge in [-0.15, -0.1) is 6.58 Å². The molecule has 0 aliphatic heterocycles. The lowest BCUT2D eigenvalue weighted by Crippen LogP contribution is -2.41. The number of para-hydroxylation sites is 1. The van der Waals surface area contributed by atoms with Gasteiger partial charge in [0.1, 0.15) is 0 Å². The van der Waals surface area contributed by atoms with Gasteiger partial charge in [0.05, 0.1) is 13.2 Å². The zero-order chi connectivity index (χ0) is 14.1. The number of benzene rings is 1. The Morgan fingerprint density at radius 2 is 2.05 bits per heavy atom. The first-order valence-corrected chi connectivity index (χ1v) is 6.52. The third-order valence-electron chi connectivity index (χ3n) is 2.85. The maximum Gasteiger partial charge on any atom is 0.241 e. The topological polar surface area (TPSA) is 43.8 Å². The van der Waals surface area contributed by atoms with Crippen LogP contribution in [-0.4, -0.2) is 48.7 Å². The molecule has 0 atom stereocenters. The van der Waals surface area contributed by atoms with E-state index in [1.807, 2.05) is 42.2 Å². The molecule has 1 aromatic rings. The van der Waals surface area contributed by atoms with Crippen molar-refractivity contribution in [2.24, 2.45) is 0 Å². The summed E-state index contributed by atoms with van der Waals surface area (Å²) in [4.78, 5) is 15.9. The molecule has 1 amide bonds. The first-order chi connectivity index (χ1) is 9.22. The lowest BCUT2D eigenvalue weighted by atomic mass is 10.2. The molecule has 0 unspecified atom stereocenters. The van der Waals surface area contributed by atoms with Gasteiger partial charge in [-0.1, -0.05) is 24.3 Å². The molecule has 4 nitrogen and oxygen atoms in total. The van der Waals surface area contributed by atoms with E-state index in [-0.39, 0.29) is 19.1 Å². The molecule has 19 heavy (non-hydrogen) atoms. The van der Waals surface area contributed by atoms with Gasteiger partial charge < -0.3 is 10.0 Å². The quantitative estimate of drug-likeness (QED) is 0.722. The van der Waals surface area contributed by atoms with Gasteiger partial charge in [0.15, 0.2) is 0 Å². The monoisotopic (exact) mass is 262 g/mol. The standard InChI is InChI=1S/C15H22N2O2/c1-3-10-16(11-12-18)13-15(19)17(4-2)14-8-6-5-7-9-14/h3,5-9,18H,1,4,10-13H2,2H3. The van der Waals surface area contributed by atoms with Crippen LogP contribution >= 0.6 is 0 Å². The summed E-state index contributed by atoms with van der Waals surface area (Å²) >= 11 is 0. The Labute approximate surface area is 115 Å². The van der Waals surface area contributed by atoms with Gasteiger partial charge in [-0.3, -0.25) is 9.69 Å². The average molecular weight is 262 g/mol. The van der Waals surface area contributed by atoms with Gasteiger partial charge in [-0.25, -0.2) is 0 Å². The Balaban J connectivity index is 2.70. The molecule has 0 aromatic heterocycles. The van der Waals surface area contributed by atoms with Gasteiger partial charge in [-0.2, -0.15) is 0 Å². The van der Waals surface area contributed by atoms with Gasteiger partial charge >= 0.3 is 0 Å². The van der Waals surface area contributed by atoms with Crippen molar-refractivity contribution in [1.82, 2.24) is 4.90 Å². The molecule has 0 saturated carbocycles. The highest BCUT2D eigenvalue weighted by Crippen LogP contribution is 2.13. The van der Waals surface area contributed by atoms with E-state index >= 15 is 0 Å². The third-order valence-corrected chi connectivity index (χ3v) is 2.85. The second-order valence-corrected chi connectivity index (χ2v) is 4.22. The van der Waals surface area contributed by atoms with E-state index in [2.05, 4.69) is 6.58 Å². The Morgan fingerprint density at radius 3 is 2.58 bits per heavy atom. The van der Waals surface area contributed by atoms with Gasteiger partial charge in [0, 0.05) is 25.3 Å². The Kier molecular flexibility index (Phi) is 6.85. The number of hydrogen-bond donors (Lipinski definition) is 1. The van der Waals surface area contributed by atoms with Crippen LogP contribution in [0.3, 0.4) is 0 Å². The largest absolute Gasteiger partial charge is 0.395 e. The van der Waals surface area contributed by atoms with Crippen LogP contribution in [0.2, 0.25) is 0 Å². The van der Waals surface area contributed by atoms with Crippen LogP contribution in [0.5, 0.6) is 0 Å². The predicted molar refractivity (Wildman–Crippen MR) is 78.2 cm³/mol. The number of likely N-dealkylation sites (N-methyl/N-ethyl adjacent to an activating group) is 1. The van der Waals surface area contributed by atoms with Gasteiger partial charge in [0.25, 0.3) is 0 Å². The molecule has 0 saturated heterocycles. The SMILES string of the molecule is C=CCN(CCO)CC(=O)N(CC)c1ccccc1. The molecule has 104 valence electrons. The molecule has 0 radical (unpaired) electrons. The fraction of sp³-hybridized carbons (Fsp3) is 0.400. The highest BCUT2D eigenvalue weighted by molar-refractivity contribution is 5.94. The molecule has 1 aromatic carbocycles. The molecular formula is C15H22N2O2. The summed E-state index contributed by atoms with van der Waals surface area (Å²) in [6.07, 6.45) is 1.74. The van der Waals surface area contributed by atoms with Crippen molar-refractivity contribution in [2.75, 3.05) is 37.7 Å². The van der Waals surface area contributed by atoms with Gasteiger partial charge in [0.2, 0.25) is 5.91 Å². The predicted octanol–water partition coefficient (Wildman–Crippen LogP) is 1.52. The van der Waals surface area contributed by atoms with Crippen LogP contribution in [0, 0.1) is 0 Å². The first-order valence-electron chi connectivity index (χ1n) is 6.52. The van der Waals surface area contributed by atoms with Crippen LogP contribution in [-0.2, 0) is 4.79 Å². The summed E-state index contributed by atoms with van der Waals surface area (Å²) in [5.74, 6) is 0.0315. The number of carbonyl (C=O) groups is 1. The van der Waals surface area contributed by atoms with Crippen LogP contribution in [0.1, 0.15) is 6.92 Å². The summed E-state index contributed by atoms with van der Waals surface area (Å²) in [5, 5.41) is 8.99. The van der Waals surface area contributed by atoms with E-state index in [1.165, 1.54) is 0 Å². The van der Waals surface area contributed by atoms with Crippen molar-refractivity contribution in [3.63, 3.8) is 0 Å². The van der Waals surface area contributed by atoms with Crippen molar-refractivity contribution in [1.29, 1.82) is 0 Å². The molecule has 0 spiro atoms. The molecule has 1 N–H and O–H groups in total. The van der Waals surface area contributed by atoms with E-state index in [9.17, 15) is 4.79 Å². The molecule has 0 aliphatic rings. The van der Waals surface area contributed by atoms with E-state index in [1.54, 1.807) is 11.0 Å². The smallest absolute Gasteiger partial charge is 0.241 e. The Hall–Kier alpha value is -1.65. The van der Waals surface area contributed by atoms with Crippen molar-refractivity contribution < 1.29 is 9.90 Å². The number of carbonyl (C=O) groups excluding carboxylic acids is 1. The van der Waals surface area contributed by atoms with Crippen LogP contribution in [0.25, 0.3) is 0 Å². The van der Waals surface area contributed by atoms with Crippen LogP contribution in [0.4, 0.5) is 5.69 Å². The molecule has 0 fully saturated rings. The zero-order valence-corrected chi connectivity index (χ0v) is 11.5. The van der Waals surface area contributed by atoms with Crippen LogP contribution < -0.4 is 4.90 Å². The Morgan fingerprint density at radius 1 is 1.37 bits per heavy atom. The fourth-order valence-electron chi connectivity index (χ4n) is 1.95. The molecular weight excluding hydrogens is 240 g/mol. The number of aliphatic hydroxyl groups excluding tert-OH is 1. The maximum atomic E-state index is 12.3. The minimum atomic E-state index is 0.0315. The summed E-state index contributed by atoms with van der Waals surface area (Å²) in [6.45, 7) is 7.65. The van der Waals surface area contributed by atoms with Crippen molar-refractivity contribution in [3.8, 4) is 0 Å². The zero-order valence-electron chi connectivity index (χ0n) is 11.5. The maximum absolute atomic E-state index is 12.3. The van der Waals surface area contributed by atoms with E-state index < -0.39 is 0 Å². The van der Waals surface area contributed by atoms with E-state index in [0.717, 1.165) is 5.69 Å². The number of amides is 1. The van der Waals surface area contributed by atoms with E-state index in [0.29, 0.717) is 19.6 Å². The van der Waals surface area contributed by atoms with Gasteiger partial charge in [-0.05, 0) is 19.1 Å². The minimum absolute atomic E-state index is 0.0315. The third kappa shape index (κ3) is 4.85. The second kappa shape index (κ2) is 8.45. The summed E-state index contributed by atoms with van der Waals surface area (Å²) in [5.41, 5.74) is 0.901.